The topological polar surface area (TPSA) is 20.2 Å². The average molecular weight is 201 g/mol. The largest absolute Gasteiger partial charge is 0.483 e. The van der Waals surface area contributed by atoms with E-state index in [1.165, 1.54) is 0 Å². The summed E-state index contributed by atoms with van der Waals surface area (Å²) < 4.78 is 31.3. The normalized spacial score (nSPS) is 6.71. The molecule has 0 heterocycles. The first-order valence-corrected chi connectivity index (χ1v) is 1.04. The Morgan fingerprint density at radius 2 is 1.29 bits per heavy atom. The van der Waals surface area contributed by atoms with Crippen molar-refractivity contribution in [1.82, 2.24) is 0 Å². The fourth-order valence-electron chi connectivity index (χ4n) is 0. The molecule has 0 saturated heterocycles. The van der Waals surface area contributed by atoms with E-state index in [0.717, 1.165) is 0 Å². The number of aliphatic hydroxyl groups is 1. The molecule has 0 saturated carbocycles. The molecule has 0 aromatic rings. The summed E-state index contributed by atoms with van der Waals surface area (Å²) in [5.41, 5.74) is 0. The minimum atomic E-state index is -2.69. The molecule has 0 aromatic heterocycles. The standard InChI is InChI=1S/C2HF3O.Rh/c3-1(4)2(5)6;/h6H;. The van der Waals surface area contributed by atoms with Gasteiger partial charge in [0.1, 0.15) is 0 Å². The predicted molar refractivity (Wildman–Crippen MR) is 13.0 cm³/mol. The van der Waals surface area contributed by atoms with Crippen LogP contribution in [-0.4, -0.2) is 5.11 Å². The van der Waals surface area contributed by atoms with Crippen LogP contribution in [0.25, 0.3) is 0 Å². The van der Waals surface area contributed by atoms with Crippen molar-refractivity contribution in [2.45, 2.75) is 0 Å². The Morgan fingerprint density at radius 1 is 1.14 bits per heavy atom. The summed E-state index contributed by atoms with van der Waals surface area (Å²) in [7, 11) is 0. The predicted octanol–water partition coefficient (Wildman–Crippen LogP) is 1.58. The Balaban J connectivity index is 0. The molecule has 7 heavy (non-hydrogen) atoms. The fraction of sp³-hybridized carbons (Fsp3) is 0. The van der Waals surface area contributed by atoms with E-state index in [1.807, 2.05) is 0 Å². The summed E-state index contributed by atoms with van der Waals surface area (Å²) in [5, 5.41) is 7.09. The molecular weight excluding hydrogens is 200 g/mol. The SMILES string of the molecule is OC(F)=C(F)F.[Rh]. The van der Waals surface area contributed by atoms with Crippen LogP contribution in [0.1, 0.15) is 0 Å². The van der Waals surface area contributed by atoms with Gasteiger partial charge >= 0.3 is 12.1 Å². The van der Waals surface area contributed by atoms with Crippen LogP contribution in [0.5, 0.6) is 0 Å². The monoisotopic (exact) mass is 201 g/mol. The molecule has 0 fully saturated rings. The Bertz CT molecular complexity index is 63.0. The first-order chi connectivity index (χ1) is 2.64. The molecule has 45 valence electrons. The summed E-state index contributed by atoms with van der Waals surface area (Å²) in [4.78, 5) is 0. The van der Waals surface area contributed by atoms with Gasteiger partial charge in [0.25, 0.3) is 0 Å². The zero-order valence-corrected chi connectivity index (χ0v) is 4.55. The zero-order valence-electron chi connectivity index (χ0n) is 2.91. The quantitative estimate of drug-likeness (QED) is 0.465. The van der Waals surface area contributed by atoms with Crippen LogP contribution in [0, 0.1) is 0 Å². The fourth-order valence-corrected chi connectivity index (χ4v) is 0. The van der Waals surface area contributed by atoms with Crippen LogP contribution in [0.15, 0.2) is 12.1 Å². The van der Waals surface area contributed by atoms with E-state index in [0.29, 0.717) is 0 Å². The number of aliphatic hydroxyl groups excluding tert-OH is 1. The van der Waals surface area contributed by atoms with Gasteiger partial charge in [0.2, 0.25) is 0 Å². The summed E-state index contributed by atoms with van der Waals surface area (Å²) >= 11 is 0. The second-order valence-electron chi connectivity index (χ2n) is 0.551. The van der Waals surface area contributed by atoms with Gasteiger partial charge in [0.15, 0.2) is 0 Å². The Morgan fingerprint density at radius 3 is 1.29 bits per heavy atom. The van der Waals surface area contributed by atoms with Crippen molar-refractivity contribution >= 4 is 0 Å². The van der Waals surface area contributed by atoms with Gasteiger partial charge in [0, 0.05) is 19.5 Å². The molecule has 0 atom stereocenters. The average Bonchev–Trinajstić information content (AvgIpc) is 1.36. The third kappa shape index (κ3) is 5.95. The van der Waals surface area contributed by atoms with E-state index >= 15 is 0 Å². The summed E-state index contributed by atoms with van der Waals surface area (Å²) in [6.45, 7) is 0. The van der Waals surface area contributed by atoms with Gasteiger partial charge in [-0.2, -0.15) is 13.2 Å². The van der Waals surface area contributed by atoms with E-state index in [4.69, 9.17) is 5.11 Å². The van der Waals surface area contributed by atoms with E-state index in [1.54, 1.807) is 0 Å². The number of rotatable bonds is 0. The third-order valence-electron chi connectivity index (χ3n) is 0.156. The Labute approximate surface area is 50.6 Å². The summed E-state index contributed by atoms with van der Waals surface area (Å²) in [5.74, 6) is 0. The minimum Gasteiger partial charge on any atom is -0.483 e. The Hall–Kier alpha value is -0.0466. The molecule has 0 aromatic carbocycles. The van der Waals surface area contributed by atoms with Crippen LogP contribution in [0.3, 0.4) is 0 Å². The van der Waals surface area contributed by atoms with Crippen molar-refractivity contribution in [2.24, 2.45) is 0 Å². The van der Waals surface area contributed by atoms with Crippen LogP contribution < -0.4 is 0 Å². The molecule has 0 aliphatic carbocycles. The maximum atomic E-state index is 10.5. The molecule has 1 N–H and O–H groups in total. The molecule has 0 spiro atoms. The van der Waals surface area contributed by atoms with Crippen LogP contribution >= 0.6 is 0 Å². The van der Waals surface area contributed by atoms with Crippen molar-refractivity contribution in [2.75, 3.05) is 0 Å². The number of halogens is 3. The summed E-state index contributed by atoms with van der Waals surface area (Å²) in [6, 6.07) is -2.41. The molecular formula is C2HF3ORh. The van der Waals surface area contributed by atoms with Gasteiger partial charge in [-0.25, -0.2) is 0 Å². The molecule has 1 radical (unpaired) electrons. The first-order valence-electron chi connectivity index (χ1n) is 1.04. The minimum absolute atomic E-state index is 0. The van der Waals surface area contributed by atoms with Crippen LogP contribution in [-0.2, 0) is 19.5 Å². The molecule has 1 nitrogen and oxygen atoms in total. The second-order valence-corrected chi connectivity index (χ2v) is 0.551. The van der Waals surface area contributed by atoms with Gasteiger partial charge in [-0.05, 0) is 0 Å². The van der Waals surface area contributed by atoms with Gasteiger partial charge in [0.05, 0.1) is 0 Å². The molecule has 0 aliphatic heterocycles. The van der Waals surface area contributed by atoms with Gasteiger partial charge in [-0.1, -0.05) is 0 Å². The van der Waals surface area contributed by atoms with Crippen molar-refractivity contribution < 1.29 is 37.8 Å². The summed E-state index contributed by atoms with van der Waals surface area (Å²) in [6.07, 6.45) is -2.69. The molecule has 0 rings (SSSR count). The van der Waals surface area contributed by atoms with Crippen molar-refractivity contribution in [1.29, 1.82) is 0 Å². The number of hydrogen-bond acceptors (Lipinski definition) is 1. The maximum Gasteiger partial charge on any atom is 0.341 e. The molecule has 5 heteroatoms. The van der Waals surface area contributed by atoms with Crippen molar-refractivity contribution in [3.05, 3.63) is 12.1 Å². The van der Waals surface area contributed by atoms with Gasteiger partial charge in [-0.3, -0.25) is 0 Å². The van der Waals surface area contributed by atoms with Gasteiger partial charge < -0.3 is 5.11 Å². The molecule has 0 bridgehead atoms. The molecule has 0 unspecified atom stereocenters. The van der Waals surface area contributed by atoms with Crippen molar-refractivity contribution in [3.63, 3.8) is 0 Å². The smallest absolute Gasteiger partial charge is 0.341 e. The first kappa shape index (κ1) is 10.0. The Kier molecular flexibility index (Phi) is 5.91. The van der Waals surface area contributed by atoms with E-state index < -0.39 is 12.1 Å². The van der Waals surface area contributed by atoms with E-state index in [-0.39, 0.29) is 19.5 Å². The van der Waals surface area contributed by atoms with Crippen LogP contribution in [0.2, 0.25) is 0 Å². The maximum absolute atomic E-state index is 10.5. The third-order valence-corrected chi connectivity index (χ3v) is 0.156. The van der Waals surface area contributed by atoms with E-state index in [2.05, 4.69) is 0 Å². The van der Waals surface area contributed by atoms with Crippen molar-refractivity contribution in [3.8, 4) is 0 Å². The van der Waals surface area contributed by atoms with E-state index in [9.17, 15) is 13.2 Å². The van der Waals surface area contributed by atoms with Crippen LogP contribution in [0.4, 0.5) is 13.2 Å². The number of hydrogen-bond donors (Lipinski definition) is 1. The van der Waals surface area contributed by atoms with Gasteiger partial charge in [-0.15, -0.1) is 0 Å². The molecule has 0 aliphatic rings. The molecule has 0 amide bonds. The second kappa shape index (κ2) is 4.12. The zero-order chi connectivity index (χ0) is 5.15.